The number of likely N-dealkylation sites (tertiary alicyclic amines) is 1. The third-order valence-electron chi connectivity index (χ3n) is 4.40. The molecule has 0 radical (unpaired) electrons. The van der Waals surface area contributed by atoms with Crippen molar-refractivity contribution in [3.05, 3.63) is 23.8 Å². The van der Waals surface area contributed by atoms with Crippen molar-refractivity contribution < 1.29 is 28.5 Å². The summed E-state index contributed by atoms with van der Waals surface area (Å²) in [7, 11) is 4.57. The molecule has 0 aromatic heterocycles. The fraction of sp³-hybridized carbons (Fsp3) is 0.500. The number of benzene rings is 1. The van der Waals surface area contributed by atoms with Crippen LogP contribution in [0.5, 0.6) is 17.2 Å². The zero-order valence-electron chi connectivity index (χ0n) is 16.2. The van der Waals surface area contributed by atoms with Gasteiger partial charge in [0.05, 0.1) is 21.3 Å². The summed E-state index contributed by atoms with van der Waals surface area (Å²) in [6, 6.07) is 3.43. The van der Waals surface area contributed by atoms with Gasteiger partial charge in [0.1, 0.15) is 0 Å². The highest BCUT2D eigenvalue weighted by atomic mass is 16.5. The maximum absolute atomic E-state index is 12.1. The van der Waals surface area contributed by atoms with E-state index in [1.807, 2.05) is 0 Å². The number of hydrogen-bond acceptors (Lipinski definition) is 6. The first-order chi connectivity index (χ1) is 13.1. The van der Waals surface area contributed by atoms with Gasteiger partial charge in [-0.2, -0.15) is 0 Å². The van der Waals surface area contributed by atoms with Crippen LogP contribution in [0, 0.1) is 0 Å². The minimum absolute atomic E-state index is 0.147. The van der Waals surface area contributed by atoms with Gasteiger partial charge in [0, 0.05) is 19.2 Å². The molecule has 0 N–H and O–H groups in total. The lowest BCUT2D eigenvalue weighted by Gasteiger charge is -2.19. The van der Waals surface area contributed by atoms with Gasteiger partial charge in [-0.05, 0) is 36.6 Å². The molecular weight excluding hydrogens is 350 g/mol. The average Bonchev–Trinajstić information content (AvgIpc) is 2.99. The van der Waals surface area contributed by atoms with E-state index in [0.717, 1.165) is 38.8 Å². The second-order valence-electron chi connectivity index (χ2n) is 6.19. The van der Waals surface area contributed by atoms with Crippen molar-refractivity contribution >= 4 is 18.0 Å². The van der Waals surface area contributed by atoms with Crippen molar-refractivity contribution in [3.63, 3.8) is 0 Å². The first kappa shape index (κ1) is 20.6. The number of rotatable bonds is 7. The number of nitrogens with zero attached hydrogens (tertiary/aromatic N) is 1. The predicted molar refractivity (Wildman–Crippen MR) is 101 cm³/mol. The van der Waals surface area contributed by atoms with Crippen LogP contribution in [-0.2, 0) is 14.3 Å². The number of carbonyl (C=O) groups is 2. The van der Waals surface area contributed by atoms with Crippen LogP contribution in [0.4, 0.5) is 0 Å². The molecule has 1 aliphatic rings. The zero-order chi connectivity index (χ0) is 19.6. The highest BCUT2D eigenvalue weighted by Crippen LogP contribution is 2.38. The molecule has 1 aliphatic heterocycles. The van der Waals surface area contributed by atoms with Crippen molar-refractivity contribution in [2.75, 3.05) is 41.0 Å². The quantitative estimate of drug-likeness (QED) is 0.537. The molecule has 0 unspecified atom stereocenters. The molecule has 1 saturated heterocycles. The normalized spacial score (nSPS) is 14.6. The maximum atomic E-state index is 12.1. The van der Waals surface area contributed by atoms with E-state index >= 15 is 0 Å². The van der Waals surface area contributed by atoms with E-state index in [4.69, 9.17) is 18.9 Å². The van der Waals surface area contributed by atoms with Crippen molar-refractivity contribution in [3.8, 4) is 17.2 Å². The van der Waals surface area contributed by atoms with Gasteiger partial charge >= 0.3 is 5.97 Å². The Morgan fingerprint density at radius 2 is 1.56 bits per heavy atom. The fourth-order valence-corrected chi connectivity index (χ4v) is 2.95. The van der Waals surface area contributed by atoms with Gasteiger partial charge in [-0.3, -0.25) is 4.79 Å². The van der Waals surface area contributed by atoms with E-state index in [9.17, 15) is 9.59 Å². The van der Waals surface area contributed by atoms with Crippen LogP contribution in [0.25, 0.3) is 6.08 Å². The lowest BCUT2D eigenvalue weighted by atomic mass is 10.1. The monoisotopic (exact) mass is 377 g/mol. The number of amides is 1. The van der Waals surface area contributed by atoms with Crippen LogP contribution in [0.2, 0.25) is 0 Å². The van der Waals surface area contributed by atoms with Gasteiger partial charge in [0.25, 0.3) is 5.91 Å². The molecule has 0 bridgehead atoms. The van der Waals surface area contributed by atoms with Crippen molar-refractivity contribution in [1.82, 2.24) is 4.90 Å². The minimum Gasteiger partial charge on any atom is -0.493 e. The van der Waals surface area contributed by atoms with Crippen molar-refractivity contribution in [1.29, 1.82) is 0 Å². The van der Waals surface area contributed by atoms with Crippen molar-refractivity contribution in [2.24, 2.45) is 0 Å². The van der Waals surface area contributed by atoms with Gasteiger partial charge in [0.15, 0.2) is 18.1 Å². The summed E-state index contributed by atoms with van der Waals surface area (Å²) in [5.41, 5.74) is 0.681. The van der Waals surface area contributed by atoms with Crippen LogP contribution < -0.4 is 14.2 Å². The zero-order valence-corrected chi connectivity index (χ0v) is 16.2. The third kappa shape index (κ3) is 5.91. The molecule has 1 aromatic carbocycles. The maximum Gasteiger partial charge on any atom is 0.331 e. The predicted octanol–water partition coefficient (Wildman–Crippen LogP) is 2.67. The number of methoxy groups -OCH3 is 3. The second-order valence-corrected chi connectivity index (χ2v) is 6.19. The van der Waals surface area contributed by atoms with E-state index < -0.39 is 5.97 Å². The Hall–Kier alpha value is -2.70. The Labute approximate surface area is 159 Å². The number of ether oxygens (including phenoxy) is 4. The highest BCUT2D eigenvalue weighted by Gasteiger charge is 2.17. The number of esters is 1. The van der Waals surface area contributed by atoms with Crippen LogP contribution in [0.15, 0.2) is 18.2 Å². The smallest absolute Gasteiger partial charge is 0.331 e. The molecule has 27 heavy (non-hydrogen) atoms. The SMILES string of the molecule is COc1cc(C=CC(=O)OCC(=O)N2CCCCCC2)cc(OC)c1OC. The molecule has 1 amide bonds. The molecule has 0 saturated carbocycles. The lowest BCUT2D eigenvalue weighted by Crippen LogP contribution is -2.35. The summed E-state index contributed by atoms with van der Waals surface area (Å²) in [5.74, 6) is 0.726. The summed E-state index contributed by atoms with van der Waals surface area (Å²) in [6.07, 6.45) is 7.13. The number of hydrogen-bond donors (Lipinski definition) is 0. The highest BCUT2D eigenvalue weighted by molar-refractivity contribution is 5.89. The standard InChI is InChI=1S/C20H27NO6/c1-24-16-12-15(13-17(25-2)20(16)26-3)8-9-19(23)27-14-18(22)21-10-6-4-5-7-11-21/h8-9,12-13H,4-7,10-11,14H2,1-3H3. The molecule has 0 atom stereocenters. The van der Waals surface area contributed by atoms with E-state index in [1.54, 1.807) is 23.1 Å². The van der Waals surface area contributed by atoms with E-state index in [1.165, 1.54) is 27.4 Å². The summed E-state index contributed by atoms with van der Waals surface area (Å²) >= 11 is 0. The Bertz CT molecular complexity index is 652. The second kappa shape index (κ2) is 10.4. The van der Waals surface area contributed by atoms with Gasteiger partial charge in [-0.15, -0.1) is 0 Å². The average molecular weight is 377 g/mol. The van der Waals surface area contributed by atoms with Gasteiger partial charge in [0.2, 0.25) is 5.75 Å². The fourth-order valence-electron chi connectivity index (χ4n) is 2.95. The minimum atomic E-state index is -0.577. The van der Waals surface area contributed by atoms with Crippen LogP contribution in [0.1, 0.15) is 31.2 Å². The van der Waals surface area contributed by atoms with Gasteiger partial charge in [-0.25, -0.2) is 4.79 Å². The Balaban J connectivity index is 1.94. The van der Waals surface area contributed by atoms with Crippen LogP contribution >= 0.6 is 0 Å². The van der Waals surface area contributed by atoms with E-state index in [-0.39, 0.29) is 12.5 Å². The third-order valence-corrected chi connectivity index (χ3v) is 4.40. The molecule has 7 heteroatoms. The molecule has 1 fully saturated rings. The molecule has 1 heterocycles. The Kier molecular flexibility index (Phi) is 7.98. The van der Waals surface area contributed by atoms with Gasteiger partial charge < -0.3 is 23.8 Å². The molecule has 7 nitrogen and oxygen atoms in total. The molecule has 2 rings (SSSR count). The molecule has 1 aromatic rings. The van der Waals surface area contributed by atoms with Crippen LogP contribution in [0.3, 0.4) is 0 Å². The largest absolute Gasteiger partial charge is 0.493 e. The van der Waals surface area contributed by atoms with E-state index in [0.29, 0.717) is 22.8 Å². The molecule has 148 valence electrons. The molecule has 0 spiro atoms. The summed E-state index contributed by atoms with van der Waals surface area (Å²) in [6.45, 7) is 1.23. The summed E-state index contributed by atoms with van der Waals surface area (Å²) in [4.78, 5) is 25.8. The first-order valence-electron chi connectivity index (χ1n) is 9.01. The lowest BCUT2D eigenvalue weighted by molar-refractivity contribution is -0.148. The van der Waals surface area contributed by atoms with Crippen LogP contribution in [-0.4, -0.2) is 57.8 Å². The van der Waals surface area contributed by atoms with Crippen molar-refractivity contribution in [2.45, 2.75) is 25.7 Å². The first-order valence-corrected chi connectivity index (χ1v) is 9.01. The summed E-state index contributed by atoms with van der Waals surface area (Å²) in [5, 5.41) is 0. The molecular formula is C20H27NO6. The Morgan fingerprint density at radius 3 is 2.07 bits per heavy atom. The topological polar surface area (TPSA) is 74.3 Å². The number of carbonyl (C=O) groups excluding carboxylic acids is 2. The Morgan fingerprint density at radius 1 is 0.963 bits per heavy atom. The summed E-state index contributed by atoms with van der Waals surface area (Å²) < 4.78 is 20.9. The van der Waals surface area contributed by atoms with Gasteiger partial charge in [-0.1, -0.05) is 12.8 Å². The molecule has 0 aliphatic carbocycles. The van der Waals surface area contributed by atoms with E-state index in [2.05, 4.69) is 0 Å².